The molecule has 1 aliphatic heterocycles. The highest BCUT2D eigenvalue weighted by atomic mass is 16.4. The monoisotopic (exact) mass is 212 g/mol. The Morgan fingerprint density at radius 2 is 2.20 bits per heavy atom. The lowest BCUT2D eigenvalue weighted by molar-refractivity contribution is 0.0861. The van der Waals surface area contributed by atoms with Crippen LogP contribution in [0, 0.1) is 5.41 Å². The lowest BCUT2D eigenvalue weighted by Gasteiger charge is -2.35. The van der Waals surface area contributed by atoms with Gasteiger partial charge < -0.3 is 10.4 Å². The van der Waals surface area contributed by atoms with Gasteiger partial charge in [0.05, 0.1) is 0 Å². The molecule has 1 saturated carbocycles. The zero-order valence-corrected chi connectivity index (χ0v) is 9.71. The van der Waals surface area contributed by atoms with Gasteiger partial charge in [-0.25, -0.2) is 4.79 Å². The van der Waals surface area contributed by atoms with Crippen LogP contribution in [0.5, 0.6) is 0 Å². The largest absolute Gasteiger partial charge is 0.465 e. The van der Waals surface area contributed by atoms with Gasteiger partial charge in [-0.2, -0.15) is 0 Å². The van der Waals surface area contributed by atoms with Crippen molar-refractivity contribution < 1.29 is 9.90 Å². The molecule has 1 amide bonds. The average Bonchev–Trinajstić information content (AvgIpc) is 2.55. The van der Waals surface area contributed by atoms with Gasteiger partial charge in [-0.1, -0.05) is 0 Å². The molecule has 2 N–H and O–H groups in total. The van der Waals surface area contributed by atoms with Gasteiger partial charge in [0.1, 0.15) is 0 Å². The zero-order chi connectivity index (χ0) is 11.3. The van der Waals surface area contributed by atoms with Gasteiger partial charge in [0, 0.05) is 23.5 Å². The first-order chi connectivity index (χ1) is 6.87. The minimum atomic E-state index is -0.781. The first-order valence-electron chi connectivity index (χ1n) is 5.60. The van der Waals surface area contributed by atoms with Crippen molar-refractivity contribution in [1.82, 2.24) is 10.2 Å². The molecule has 1 spiro atoms. The zero-order valence-electron chi connectivity index (χ0n) is 9.71. The number of hydrogen-bond donors (Lipinski definition) is 2. The molecule has 0 bridgehead atoms. The Hall–Kier alpha value is -0.770. The second-order valence-corrected chi connectivity index (χ2v) is 5.83. The molecule has 0 aromatic rings. The highest BCUT2D eigenvalue weighted by Crippen LogP contribution is 2.55. The van der Waals surface area contributed by atoms with E-state index in [9.17, 15) is 9.90 Å². The van der Waals surface area contributed by atoms with Gasteiger partial charge in [0.2, 0.25) is 0 Å². The van der Waals surface area contributed by atoms with E-state index in [1.165, 1.54) is 0 Å². The molecule has 4 heteroatoms. The summed E-state index contributed by atoms with van der Waals surface area (Å²) >= 11 is 0. The summed E-state index contributed by atoms with van der Waals surface area (Å²) in [5, 5.41) is 12.6. The first kappa shape index (κ1) is 10.7. The SMILES string of the molecule is CC(C)(C)N(C(=O)O)C1CC12CCNC2. The topological polar surface area (TPSA) is 52.6 Å². The van der Waals surface area contributed by atoms with Crippen LogP contribution in [0.2, 0.25) is 0 Å². The fourth-order valence-electron chi connectivity index (χ4n) is 2.80. The Morgan fingerprint density at radius 1 is 1.53 bits per heavy atom. The molecule has 2 aliphatic rings. The van der Waals surface area contributed by atoms with Crippen molar-refractivity contribution in [3.05, 3.63) is 0 Å². The summed E-state index contributed by atoms with van der Waals surface area (Å²) in [6, 6.07) is 0.227. The molecule has 2 fully saturated rings. The quantitative estimate of drug-likeness (QED) is 0.693. The normalized spacial score (nSPS) is 34.5. The Labute approximate surface area is 90.6 Å². The van der Waals surface area contributed by atoms with Crippen molar-refractivity contribution in [2.45, 2.75) is 45.2 Å². The van der Waals surface area contributed by atoms with E-state index in [-0.39, 0.29) is 17.0 Å². The third-order valence-corrected chi connectivity index (χ3v) is 3.66. The summed E-state index contributed by atoms with van der Waals surface area (Å²) in [4.78, 5) is 12.9. The predicted octanol–water partition coefficient (Wildman–Crippen LogP) is 1.52. The van der Waals surface area contributed by atoms with E-state index in [0.717, 1.165) is 25.9 Å². The van der Waals surface area contributed by atoms with Crippen molar-refractivity contribution >= 4 is 6.09 Å². The van der Waals surface area contributed by atoms with Crippen LogP contribution in [-0.4, -0.2) is 40.8 Å². The fourth-order valence-corrected chi connectivity index (χ4v) is 2.80. The van der Waals surface area contributed by atoms with Crippen LogP contribution in [0.25, 0.3) is 0 Å². The van der Waals surface area contributed by atoms with Crippen LogP contribution in [0.4, 0.5) is 4.79 Å². The van der Waals surface area contributed by atoms with E-state index >= 15 is 0 Å². The molecule has 2 atom stereocenters. The van der Waals surface area contributed by atoms with Crippen LogP contribution >= 0.6 is 0 Å². The molecule has 2 rings (SSSR count). The van der Waals surface area contributed by atoms with Crippen LogP contribution in [0.1, 0.15) is 33.6 Å². The van der Waals surface area contributed by atoms with E-state index in [2.05, 4.69) is 5.32 Å². The number of rotatable bonds is 1. The van der Waals surface area contributed by atoms with Gasteiger partial charge in [-0.15, -0.1) is 0 Å². The lowest BCUT2D eigenvalue weighted by Crippen LogP contribution is -2.48. The van der Waals surface area contributed by atoms with Crippen molar-refractivity contribution in [2.24, 2.45) is 5.41 Å². The fraction of sp³-hybridized carbons (Fsp3) is 0.909. The maximum atomic E-state index is 11.3. The Morgan fingerprint density at radius 3 is 2.60 bits per heavy atom. The second kappa shape index (κ2) is 3.11. The predicted molar refractivity (Wildman–Crippen MR) is 57.9 cm³/mol. The van der Waals surface area contributed by atoms with Gasteiger partial charge in [-0.3, -0.25) is 4.90 Å². The van der Waals surface area contributed by atoms with E-state index in [1.54, 1.807) is 4.90 Å². The molecular weight excluding hydrogens is 192 g/mol. The molecule has 1 aliphatic carbocycles. The summed E-state index contributed by atoms with van der Waals surface area (Å²) in [6.45, 7) is 7.92. The van der Waals surface area contributed by atoms with Crippen LogP contribution in [0.15, 0.2) is 0 Å². The van der Waals surface area contributed by atoms with E-state index in [0.29, 0.717) is 0 Å². The minimum Gasteiger partial charge on any atom is -0.465 e. The molecule has 86 valence electrons. The maximum Gasteiger partial charge on any atom is 0.408 e. The Kier molecular flexibility index (Phi) is 2.23. The Balaban J connectivity index is 2.12. The second-order valence-electron chi connectivity index (χ2n) is 5.83. The van der Waals surface area contributed by atoms with Gasteiger partial charge >= 0.3 is 6.09 Å². The molecular formula is C11H20N2O2. The number of carbonyl (C=O) groups is 1. The first-order valence-corrected chi connectivity index (χ1v) is 5.60. The average molecular weight is 212 g/mol. The van der Waals surface area contributed by atoms with Crippen molar-refractivity contribution in [3.8, 4) is 0 Å². The van der Waals surface area contributed by atoms with Crippen LogP contribution in [-0.2, 0) is 0 Å². The maximum absolute atomic E-state index is 11.3. The van der Waals surface area contributed by atoms with Crippen molar-refractivity contribution in [2.75, 3.05) is 13.1 Å². The minimum absolute atomic E-state index is 0.227. The van der Waals surface area contributed by atoms with Crippen molar-refractivity contribution in [3.63, 3.8) is 0 Å². The summed E-state index contributed by atoms with van der Waals surface area (Å²) in [6.07, 6.45) is 1.37. The molecule has 1 heterocycles. The molecule has 0 aromatic carbocycles. The van der Waals surface area contributed by atoms with Gasteiger partial charge in [-0.05, 0) is 40.2 Å². The molecule has 2 unspecified atom stereocenters. The highest BCUT2D eigenvalue weighted by Gasteiger charge is 2.61. The Bertz CT molecular complexity index is 277. The van der Waals surface area contributed by atoms with E-state index < -0.39 is 6.09 Å². The number of nitrogens with zero attached hydrogens (tertiary/aromatic N) is 1. The molecule has 1 saturated heterocycles. The molecule has 15 heavy (non-hydrogen) atoms. The molecule has 0 radical (unpaired) electrons. The van der Waals surface area contributed by atoms with E-state index in [4.69, 9.17) is 0 Å². The number of nitrogens with one attached hydrogen (secondary N) is 1. The summed E-state index contributed by atoms with van der Waals surface area (Å²) in [5.41, 5.74) is -0.0335. The van der Waals surface area contributed by atoms with Crippen LogP contribution in [0.3, 0.4) is 0 Å². The smallest absolute Gasteiger partial charge is 0.408 e. The summed E-state index contributed by atoms with van der Waals surface area (Å²) in [5.74, 6) is 0. The standard InChI is InChI=1S/C11H20N2O2/c1-10(2,3)13(9(14)15)8-6-11(8)4-5-12-7-11/h8,12H,4-7H2,1-3H3,(H,14,15). The third kappa shape index (κ3) is 1.71. The number of hydrogen-bond acceptors (Lipinski definition) is 2. The molecule has 0 aromatic heterocycles. The van der Waals surface area contributed by atoms with Gasteiger partial charge in [0.15, 0.2) is 0 Å². The van der Waals surface area contributed by atoms with Crippen LogP contribution < -0.4 is 5.32 Å². The van der Waals surface area contributed by atoms with E-state index in [1.807, 2.05) is 20.8 Å². The van der Waals surface area contributed by atoms with Crippen molar-refractivity contribution in [1.29, 1.82) is 0 Å². The molecule has 4 nitrogen and oxygen atoms in total. The summed E-state index contributed by atoms with van der Waals surface area (Å²) < 4.78 is 0. The number of amides is 1. The summed E-state index contributed by atoms with van der Waals surface area (Å²) in [7, 11) is 0. The highest BCUT2D eigenvalue weighted by molar-refractivity contribution is 5.67. The lowest BCUT2D eigenvalue weighted by atomic mass is 10.0. The number of carboxylic acid groups (broad SMARTS) is 1. The third-order valence-electron chi connectivity index (χ3n) is 3.66. The van der Waals surface area contributed by atoms with Gasteiger partial charge in [0.25, 0.3) is 0 Å².